The predicted molar refractivity (Wildman–Crippen MR) is 412 cm³/mol. The van der Waals surface area contributed by atoms with Crippen LogP contribution in [0.3, 0.4) is 0 Å². The molecule has 0 saturated carbocycles. The molecular formula is C79H103F10N9O12. The molecule has 0 aromatic heterocycles. The number of aliphatic hydroxyl groups is 2. The van der Waals surface area contributed by atoms with Gasteiger partial charge in [0, 0.05) is 92.7 Å². The number of carbonyl (C=O) groups excluding carboxylic acids is 1. The first-order chi connectivity index (χ1) is 51.4. The molecule has 110 heavy (non-hydrogen) atoms. The first-order valence-corrected chi connectivity index (χ1v) is 34.8. The number of hydrogen-bond acceptors (Lipinski definition) is 17. The zero-order chi connectivity index (χ0) is 79.3. The van der Waals surface area contributed by atoms with Crippen molar-refractivity contribution in [2.75, 3.05) is 85.4 Å². The van der Waals surface area contributed by atoms with Crippen molar-refractivity contribution in [3.8, 4) is 0 Å². The molecule has 0 amide bonds. The van der Waals surface area contributed by atoms with E-state index < -0.39 is 58.3 Å². The fraction of sp³-hybridized carbons (Fsp3) is 0.380. The highest BCUT2D eigenvalue weighted by atomic mass is 19.2. The summed E-state index contributed by atoms with van der Waals surface area (Å²) in [6, 6.07) is 50.4. The predicted octanol–water partition coefficient (Wildman–Crippen LogP) is 15.2. The van der Waals surface area contributed by atoms with Crippen molar-refractivity contribution in [1.29, 1.82) is 0 Å². The van der Waals surface area contributed by atoms with Crippen molar-refractivity contribution in [2.45, 2.75) is 116 Å². The largest absolute Gasteiger partial charge is 0.400 e. The Labute approximate surface area is 635 Å². The third kappa shape index (κ3) is 46.3. The SMILES string of the molecule is CCN(CC)CC.CO.F.F.F.NCCCc1ccc(F)cc1.Nc1ccc(CC(CF)NCCCc2ccc(F)cc2)cc1.O=C(CF)Cc1ccc([N+](=O)[O-])cc1.O=[N+]([O-])c1ccc(CC(CF)NCCCc2ccc(F)cc2)cc1.O=[N+]([O-])c1ccc(CC(O)CF)cc1.O=[N+]([O-])c1ccc(CC2CO2)cc1. The third-order valence-corrected chi connectivity index (χ3v) is 15.9. The summed E-state index contributed by atoms with van der Waals surface area (Å²) in [5.74, 6) is -1.18. The Morgan fingerprint density at radius 2 is 0.764 bits per heavy atom. The van der Waals surface area contributed by atoms with Gasteiger partial charge in [-0.15, -0.1) is 0 Å². The second-order valence-electron chi connectivity index (χ2n) is 24.1. The van der Waals surface area contributed by atoms with E-state index in [0.29, 0.717) is 48.8 Å². The number of ketones is 1. The highest BCUT2D eigenvalue weighted by Crippen LogP contribution is 2.20. The van der Waals surface area contributed by atoms with Gasteiger partial charge >= 0.3 is 0 Å². The minimum Gasteiger partial charge on any atom is -0.400 e. The molecule has 1 aliphatic rings. The molecule has 4 atom stereocenters. The molecule has 8 aromatic carbocycles. The topological polar surface area (TPSA) is 322 Å². The lowest BCUT2D eigenvalue weighted by Crippen LogP contribution is -2.34. The smallest absolute Gasteiger partial charge is 0.269 e. The van der Waals surface area contributed by atoms with Gasteiger partial charge in [0.1, 0.15) is 44.2 Å². The molecule has 31 heteroatoms. The van der Waals surface area contributed by atoms with E-state index in [9.17, 15) is 76.0 Å². The van der Waals surface area contributed by atoms with Gasteiger partial charge in [-0.25, -0.2) is 30.7 Å². The number of aliphatic hydroxyl groups excluding tert-OH is 2. The molecule has 8 aromatic rings. The van der Waals surface area contributed by atoms with E-state index in [1.165, 1.54) is 129 Å². The maximum Gasteiger partial charge on any atom is 0.269 e. The van der Waals surface area contributed by atoms with Gasteiger partial charge in [0.25, 0.3) is 22.7 Å². The van der Waals surface area contributed by atoms with Gasteiger partial charge in [-0.05, 0) is 184 Å². The summed E-state index contributed by atoms with van der Waals surface area (Å²) < 4.78 is 93.0. The summed E-state index contributed by atoms with van der Waals surface area (Å²) in [7, 11) is 1.00. The van der Waals surface area contributed by atoms with E-state index in [2.05, 4.69) is 36.3 Å². The molecule has 0 spiro atoms. The Morgan fingerprint density at radius 1 is 0.473 bits per heavy atom. The van der Waals surface area contributed by atoms with Crippen molar-refractivity contribution in [2.24, 2.45) is 5.73 Å². The van der Waals surface area contributed by atoms with Crippen molar-refractivity contribution < 1.29 is 84.3 Å². The van der Waals surface area contributed by atoms with E-state index >= 15 is 0 Å². The van der Waals surface area contributed by atoms with Crippen molar-refractivity contribution in [3.63, 3.8) is 0 Å². The molecule has 1 aliphatic heterocycles. The van der Waals surface area contributed by atoms with Gasteiger partial charge < -0.3 is 42.0 Å². The van der Waals surface area contributed by atoms with E-state index in [4.69, 9.17) is 26.4 Å². The van der Waals surface area contributed by atoms with Crippen LogP contribution in [0.4, 0.5) is 73.3 Å². The van der Waals surface area contributed by atoms with Crippen molar-refractivity contribution in [1.82, 2.24) is 15.5 Å². The van der Waals surface area contributed by atoms with Crippen LogP contribution in [0.5, 0.6) is 0 Å². The van der Waals surface area contributed by atoms with Crippen LogP contribution in [0.1, 0.15) is 84.5 Å². The number of non-ortho nitro benzene ring substituents is 4. The lowest BCUT2D eigenvalue weighted by molar-refractivity contribution is -0.385. The Bertz CT molecular complexity index is 3710. The lowest BCUT2D eigenvalue weighted by atomic mass is 10.1. The molecule has 1 saturated heterocycles. The molecule has 1 fully saturated rings. The van der Waals surface area contributed by atoms with E-state index in [1.807, 2.05) is 24.3 Å². The average Bonchev–Trinajstić information content (AvgIpc) is 1.73. The quantitative estimate of drug-likeness (QED) is 0.00545. The highest BCUT2D eigenvalue weighted by Gasteiger charge is 2.23. The number of halogens is 10. The molecule has 606 valence electrons. The van der Waals surface area contributed by atoms with Crippen LogP contribution >= 0.6 is 0 Å². The number of rotatable bonds is 34. The maximum absolute atomic E-state index is 13.1. The van der Waals surface area contributed by atoms with E-state index in [0.717, 1.165) is 98.6 Å². The summed E-state index contributed by atoms with van der Waals surface area (Å²) in [4.78, 5) is 52.7. The number of aryl methyl sites for hydroxylation is 3. The van der Waals surface area contributed by atoms with Crippen LogP contribution < -0.4 is 22.1 Å². The van der Waals surface area contributed by atoms with Crippen LogP contribution in [0, 0.1) is 57.9 Å². The number of alkyl halides is 4. The number of epoxide rings is 1. The number of anilines is 1. The second kappa shape index (κ2) is 60.7. The Kier molecular flexibility index (Phi) is 56.2. The summed E-state index contributed by atoms with van der Waals surface area (Å²) >= 11 is 0. The zero-order valence-corrected chi connectivity index (χ0v) is 62.1. The zero-order valence-electron chi connectivity index (χ0n) is 62.1. The first-order valence-electron chi connectivity index (χ1n) is 34.8. The van der Waals surface area contributed by atoms with Gasteiger partial charge in [-0.2, -0.15) is 0 Å². The van der Waals surface area contributed by atoms with E-state index in [1.54, 1.807) is 60.7 Å². The molecule has 1 heterocycles. The number of carbonyl (C=O) groups is 1. The van der Waals surface area contributed by atoms with Gasteiger partial charge in [0.05, 0.1) is 38.5 Å². The number of nitrogens with one attached hydrogen (secondary N) is 2. The van der Waals surface area contributed by atoms with Gasteiger partial charge in [-0.3, -0.25) is 59.4 Å². The van der Waals surface area contributed by atoms with Gasteiger partial charge in [0.15, 0.2) is 5.78 Å². The molecule has 21 nitrogen and oxygen atoms in total. The maximum atomic E-state index is 13.1. The lowest BCUT2D eigenvalue weighted by Gasteiger charge is -2.15. The number of hydrogen-bond donors (Lipinski definition) is 6. The Morgan fingerprint density at radius 3 is 1.04 bits per heavy atom. The fourth-order valence-electron chi connectivity index (χ4n) is 9.76. The monoisotopic (exact) mass is 1560 g/mol. The standard InChI is InChI=1S/C18H20F2N2O2.C18H22F2N2.C9H10FNO3.C9H8FNO3.C9H12FN.C9H9NO3.C6H15N.CH4O.3FH/c19-13-17(12-15-5-9-18(10-6-15)22(23)24)21-11-1-2-14-3-7-16(20)8-4-14;19-13-18(12-15-5-9-17(21)10-6-15)22-11-1-2-14-3-7-16(20)8-4-14;2*10-6-9(12)5-7-1-3-8(4-2-7)11(13)14;10-9-5-3-8(4-6-9)2-1-7-11;11-10(12)8-3-1-7(2-4-8)5-9-6-13-9;1-4-7(5-2)6-3;1-2;;;/h3-10,17,21H,1-2,11-13H2;3-10,18,22H,1-2,11-13,21H2;1-4,9,12H,5-6H2;1-4H,5-6H2;3-6H,1-2,7,11H2;1-4,9H,5-6H2;4-6H2,1-3H3;2H,1H3;3*1H. The molecule has 4 unspecified atom stereocenters. The molecule has 0 radical (unpaired) electrons. The molecule has 8 N–H and O–H groups in total. The van der Waals surface area contributed by atoms with Crippen molar-refractivity contribution in [3.05, 3.63) is 297 Å². The van der Waals surface area contributed by atoms with Crippen LogP contribution in [0.15, 0.2) is 194 Å². The number of Topliss-reactive ketones (excluding diaryl/α,β-unsaturated/α-hetero) is 1. The highest BCUT2D eigenvalue weighted by molar-refractivity contribution is 5.81. The molecule has 0 aliphatic carbocycles. The number of nitro groups is 4. The minimum absolute atomic E-state index is 0. The second-order valence-corrected chi connectivity index (χ2v) is 24.1. The number of nitro benzene ring substituents is 4. The third-order valence-electron chi connectivity index (χ3n) is 15.9. The van der Waals surface area contributed by atoms with Gasteiger partial charge in [0.2, 0.25) is 0 Å². The number of ether oxygens (including phenoxy) is 1. The average molecular weight is 1560 g/mol. The van der Waals surface area contributed by atoms with Gasteiger partial charge in [-0.1, -0.05) is 118 Å². The Balaban J connectivity index is 0. The van der Waals surface area contributed by atoms with Crippen LogP contribution in [-0.2, 0) is 60.9 Å². The summed E-state index contributed by atoms with van der Waals surface area (Å²) in [5, 5.41) is 63.9. The van der Waals surface area contributed by atoms with Crippen LogP contribution in [0.2, 0.25) is 0 Å². The van der Waals surface area contributed by atoms with Crippen molar-refractivity contribution >= 4 is 34.2 Å². The van der Waals surface area contributed by atoms with Crippen LogP contribution in [0.25, 0.3) is 0 Å². The fourth-order valence-corrected chi connectivity index (χ4v) is 9.76. The molecule has 0 bridgehead atoms. The molecule has 9 rings (SSSR count). The number of nitrogen functional groups attached to an aromatic ring is 1. The number of nitrogens with zero attached hydrogens (tertiary/aromatic N) is 5. The number of nitrogens with two attached hydrogens (primary N) is 2. The minimum atomic E-state index is -1.03. The normalized spacial score (nSPS) is 12.0. The summed E-state index contributed by atoms with van der Waals surface area (Å²) in [6.07, 6.45) is 6.71. The Hall–Kier alpha value is -10.2. The first kappa shape index (κ1) is 102. The molecular weight excluding hydrogens is 1460 g/mol. The summed E-state index contributed by atoms with van der Waals surface area (Å²) in [5.41, 5.74) is 19.4. The van der Waals surface area contributed by atoms with E-state index in [-0.39, 0.29) is 79.2 Å². The summed E-state index contributed by atoms with van der Waals surface area (Å²) in [6.45, 7) is 10.3. The number of benzene rings is 8. The van der Waals surface area contributed by atoms with Crippen LogP contribution in [-0.4, -0.2) is 145 Å².